The first-order chi connectivity index (χ1) is 19.9. The van der Waals surface area contributed by atoms with Gasteiger partial charge in [0.2, 0.25) is 10.4 Å². The van der Waals surface area contributed by atoms with Crippen LogP contribution >= 0.6 is 0 Å². The molecule has 0 heterocycles. The van der Waals surface area contributed by atoms with Gasteiger partial charge in [0.25, 0.3) is 0 Å². The van der Waals surface area contributed by atoms with E-state index in [1.165, 1.54) is 51.4 Å². The molecule has 8 atom stereocenters. The summed E-state index contributed by atoms with van der Waals surface area (Å²) >= 11 is 0. The fourth-order valence-corrected chi connectivity index (χ4v) is 9.33. The topological polar surface area (TPSA) is 102 Å². The highest BCUT2D eigenvalue weighted by Gasteiger charge is 2.59. The average Bonchev–Trinajstić information content (AvgIpc) is 3.25. The number of quaternary nitrogens is 1. The van der Waals surface area contributed by atoms with E-state index in [9.17, 15) is 17.8 Å². The molecule has 0 radical (unpaired) electrons. The molecule has 8 nitrogen and oxygen atoms in total. The summed E-state index contributed by atoms with van der Waals surface area (Å²) in [6, 6.07) is 0. The molecule has 4 aliphatic carbocycles. The summed E-state index contributed by atoms with van der Waals surface area (Å²) in [5.74, 6) is 5.15. The average molecular weight is 628 g/mol. The molecule has 0 aliphatic heterocycles. The molecule has 43 heavy (non-hydrogen) atoms. The summed E-state index contributed by atoms with van der Waals surface area (Å²) in [5.41, 5.74) is 2.40. The van der Waals surface area contributed by atoms with Crippen molar-refractivity contribution >= 4 is 16.6 Å². The van der Waals surface area contributed by atoms with Gasteiger partial charge in [0.1, 0.15) is 19.3 Å². The van der Waals surface area contributed by atoms with Crippen molar-refractivity contribution in [2.45, 2.75) is 111 Å². The van der Waals surface area contributed by atoms with Crippen molar-refractivity contribution in [1.29, 1.82) is 0 Å². The maximum Gasteiger partial charge on any atom is 0.508 e. The van der Waals surface area contributed by atoms with Crippen LogP contribution in [0.1, 0.15) is 105 Å². The van der Waals surface area contributed by atoms with Gasteiger partial charge in [0.15, 0.2) is 0 Å². The van der Waals surface area contributed by atoms with Gasteiger partial charge in [0, 0.05) is 6.42 Å². The van der Waals surface area contributed by atoms with Gasteiger partial charge >= 0.3 is 6.16 Å². The first kappa shape index (κ1) is 36.3. The largest absolute Gasteiger partial charge is 0.726 e. The van der Waals surface area contributed by atoms with Crippen LogP contribution in [0.3, 0.4) is 0 Å². The Balaban J connectivity index is 0.000000765. The monoisotopic (exact) mass is 627 g/mol. The number of fused-ring (bicyclic) bond motifs is 5. The van der Waals surface area contributed by atoms with Crippen molar-refractivity contribution in [2.75, 3.05) is 41.4 Å². The molecular weight excluding hydrogens is 566 g/mol. The molecule has 0 amide bonds. The third kappa shape index (κ3) is 9.43. The number of ether oxygens (including phenoxy) is 2. The zero-order chi connectivity index (χ0) is 32.2. The third-order valence-corrected chi connectivity index (χ3v) is 12.1. The van der Waals surface area contributed by atoms with Crippen LogP contribution in [0.5, 0.6) is 0 Å². The maximum absolute atomic E-state index is 12.3. The molecule has 4 unspecified atom stereocenters. The van der Waals surface area contributed by atoms with Crippen LogP contribution in [0.2, 0.25) is 0 Å². The van der Waals surface area contributed by atoms with Gasteiger partial charge in [-0.15, -0.1) is 0 Å². The van der Waals surface area contributed by atoms with E-state index >= 15 is 0 Å². The zero-order valence-corrected chi connectivity index (χ0v) is 29.3. The van der Waals surface area contributed by atoms with Gasteiger partial charge in [-0.05, 0) is 91.3 Å². The van der Waals surface area contributed by atoms with Crippen molar-refractivity contribution in [2.24, 2.45) is 46.3 Å². The van der Waals surface area contributed by atoms with E-state index in [0.717, 1.165) is 72.9 Å². The second-order valence-corrected chi connectivity index (χ2v) is 17.1. The Morgan fingerprint density at radius 2 is 1.72 bits per heavy atom. The molecule has 0 saturated heterocycles. The molecule has 0 aromatic carbocycles. The first-order valence-electron chi connectivity index (χ1n) is 16.7. The second kappa shape index (κ2) is 14.5. The molecule has 0 aromatic rings. The summed E-state index contributed by atoms with van der Waals surface area (Å²) in [4.78, 5) is 12.3. The van der Waals surface area contributed by atoms with Gasteiger partial charge in [-0.1, -0.05) is 65.5 Å². The lowest BCUT2D eigenvalue weighted by Crippen LogP contribution is -2.51. The fourth-order valence-electron chi connectivity index (χ4n) is 9.33. The molecule has 0 bridgehead atoms. The van der Waals surface area contributed by atoms with Crippen molar-refractivity contribution in [3.63, 3.8) is 0 Å². The lowest BCUT2D eigenvalue weighted by molar-refractivity contribution is -0.870. The molecule has 0 N–H and O–H groups in total. The summed E-state index contributed by atoms with van der Waals surface area (Å²) in [5, 5.41) is 0. The van der Waals surface area contributed by atoms with Crippen molar-refractivity contribution in [1.82, 2.24) is 0 Å². The minimum atomic E-state index is -4.41. The Morgan fingerprint density at radius 1 is 1.05 bits per heavy atom. The molecule has 0 aromatic heterocycles. The third-order valence-electron chi connectivity index (χ3n) is 11.7. The molecular formula is C34H61NO7S. The summed E-state index contributed by atoms with van der Waals surface area (Å²) in [7, 11) is 2.71. The quantitative estimate of drug-likeness (QED) is 0.0820. The number of carbonyl (C=O) groups excluding carboxylic acids is 1. The fraction of sp³-hybridized carbons (Fsp3) is 0.912. The first-order valence-corrected chi connectivity index (χ1v) is 18.1. The highest BCUT2D eigenvalue weighted by molar-refractivity contribution is 7.80. The van der Waals surface area contributed by atoms with Crippen LogP contribution in [0.25, 0.3) is 0 Å². The maximum atomic E-state index is 12.3. The number of hydrogen-bond acceptors (Lipinski definition) is 7. The number of hydrogen-bond donors (Lipinski definition) is 0. The summed E-state index contributed by atoms with van der Waals surface area (Å²) < 4.78 is 43.0. The summed E-state index contributed by atoms with van der Waals surface area (Å²) in [6.45, 7) is 13.7. The standard InChI is InChI=1S/C33H58NO3.CH4O4S/c1-23(2)10-9-11-24(3)28-14-15-29-27-13-12-25-22-26(37-31(35)36-21-20-34(6,7)8)16-18-32(25,4)30(27)17-19-33(28,29)5;1-5-6(2,3)4/h12,23-24,26-30H,9-11,13-22H2,1-8H3;1H3,(H,2,3,4)/q+1;/p-1/t24-,26?,27?,28-,29?,30?,32+,33-;/m1./s1. The van der Waals surface area contributed by atoms with E-state index < -0.39 is 16.6 Å². The minimum absolute atomic E-state index is 0.0242. The van der Waals surface area contributed by atoms with E-state index in [-0.39, 0.29) is 6.10 Å². The Labute approximate surface area is 262 Å². The number of likely N-dealkylation sites (N-methyl/N-ethyl adjacent to an activating group) is 1. The van der Waals surface area contributed by atoms with Crippen LogP contribution in [-0.4, -0.2) is 71.1 Å². The zero-order valence-electron chi connectivity index (χ0n) is 28.5. The summed E-state index contributed by atoms with van der Waals surface area (Å²) in [6.07, 6.45) is 16.2. The minimum Gasteiger partial charge on any atom is -0.726 e. The highest BCUT2D eigenvalue weighted by Crippen LogP contribution is 2.67. The Kier molecular flexibility index (Phi) is 12.3. The van der Waals surface area contributed by atoms with Gasteiger partial charge in [-0.2, -0.15) is 0 Å². The van der Waals surface area contributed by atoms with E-state index in [4.69, 9.17) is 9.47 Å². The Bertz CT molecular complexity index is 1070. The van der Waals surface area contributed by atoms with Crippen molar-refractivity contribution in [3.05, 3.63) is 11.6 Å². The van der Waals surface area contributed by atoms with Crippen molar-refractivity contribution < 1.29 is 35.9 Å². The Hall–Kier alpha value is -1.16. The van der Waals surface area contributed by atoms with E-state index in [0.29, 0.717) is 17.4 Å². The molecule has 4 aliphatic rings. The van der Waals surface area contributed by atoms with E-state index in [1.807, 2.05) is 0 Å². The van der Waals surface area contributed by atoms with Gasteiger partial charge in [-0.25, -0.2) is 13.2 Å². The predicted octanol–water partition coefficient (Wildman–Crippen LogP) is 7.35. The van der Waals surface area contributed by atoms with Crippen LogP contribution in [-0.2, 0) is 24.1 Å². The predicted molar refractivity (Wildman–Crippen MR) is 169 cm³/mol. The molecule has 0 spiro atoms. The SMILES string of the molecule is CC(C)CCC[C@@H](C)[C@H]1CCC2C3CC=C4CC(OC(=O)OCC[N+](C)(C)C)CC[C@]4(C)C3CC[C@@]21C.COS(=O)(=O)[O-]. The van der Waals surface area contributed by atoms with Crippen LogP contribution in [0.15, 0.2) is 11.6 Å². The van der Waals surface area contributed by atoms with E-state index in [2.05, 4.69) is 66.0 Å². The molecule has 250 valence electrons. The van der Waals surface area contributed by atoms with Crippen LogP contribution < -0.4 is 0 Å². The smallest absolute Gasteiger partial charge is 0.508 e. The van der Waals surface area contributed by atoms with Gasteiger partial charge in [0.05, 0.1) is 28.3 Å². The highest BCUT2D eigenvalue weighted by atomic mass is 32.3. The number of rotatable bonds is 10. The normalized spacial score (nSPS) is 34.6. The van der Waals surface area contributed by atoms with Gasteiger partial charge in [-0.3, -0.25) is 4.18 Å². The Morgan fingerprint density at radius 3 is 2.33 bits per heavy atom. The van der Waals surface area contributed by atoms with E-state index in [1.54, 1.807) is 5.57 Å². The van der Waals surface area contributed by atoms with Crippen LogP contribution in [0.4, 0.5) is 4.79 Å². The molecule has 3 saturated carbocycles. The second-order valence-electron chi connectivity index (χ2n) is 16.0. The molecule has 9 heteroatoms. The lowest BCUT2D eigenvalue weighted by Gasteiger charge is -2.58. The molecule has 3 fully saturated rings. The lowest BCUT2D eigenvalue weighted by atomic mass is 9.47. The van der Waals surface area contributed by atoms with Crippen LogP contribution in [0, 0.1) is 46.3 Å². The number of allylic oxidation sites excluding steroid dienone is 1. The van der Waals surface area contributed by atoms with Crippen molar-refractivity contribution in [3.8, 4) is 0 Å². The number of carbonyl (C=O) groups is 1. The molecule has 4 rings (SSSR count). The number of nitrogens with zero attached hydrogens (tertiary/aromatic N) is 1. The van der Waals surface area contributed by atoms with Gasteiger partial charge < -0.3 is 18.5 Å².